The van der Waals surface area contributed by atoms with Gasteiger partial charge >= 0.3 is 0 Å². The predicted octanol–water partition coefficient (Wildman–Crippen LogP) is 3.61. The number of rotatable bonds is 4. The third-order valence-corrected chi connectivity index (χ3v) is 2.58. The van der Waals surface area contributed by atoms with Crippen molar-refractivity contribution < 1.29 is 13.5 Å². The highest BCUT2D eigenvalue weighted by Gasteiger charge is 2.11. The summed E-state index contributed by atoms with van der Waals surface area (Å²) in [5.74, 6) is -0.985. The monoisotopic (exact) mass is 284 g/mol. The second kappa shape index (κ2) is 6.04. The van der Waals surface area contributed by atoms with Crippen molar-refractivity contribution in [2.45, 2.75) is 13.5 Å². The molecule has 100 valence electrons. The lowest BCUT2D eigenvalue weighted by Gasteiger charge is -2.06. The Labute approximate surface area is 114 Å². The molecule has 3 nitrogen and oxygen atoms in total. The second-order valence-corrected chi connectivity index (χ2v) is 4.14. The highest BCUT2D eigenvalue weighted by molar-refractivity contribution is 6.29. The fraction of sp³-hybridized carbons (Fsp3) is 0.231. The molecular weight excluding hydrogens is 274 g/mol. The molecule has 0 fully saturated rings. The van der Waals surface area contributed by atoms with Crippen LogP contribution in [0.4, 0.5) is 8.78 Å². The lowest BCUT2D eigenvalue weighted by molar-refractivity contribution is 0.128. The van der Waals surface area contributed by atoms with Crippen molar-refractivity contribution in [2.75, 3.05) is 6.61 Å². The summed E-state index contributed by atoms with van der Waals surface area (Å²) in [6.45, 7) is 2.54. The standard InChI is InChI=1S/C13H11ClF2N2O/c1-2-19-7-13-17-11(6-12(14)18-13)9-4-3-8(15)5-10(9)16/h3-6H,2,7H2,1H3. The molecule has 0 radical (unpaired) electrons. The molecule has 2 rings (SSSR count). The zero-order valence-corrected chi connectivity index (χ0v) is 10.9. The van der Waals surface area contributed by atoms with Crippen LogP contribution >= 0.6 is 11.6 Å². The molecule has 19 heavy (non-hydrogen) atoms. The third-order valence-electron chi connectivity index (χ3n) is 2.38. The Morgan fingerprint density at radius 2 is 2.00 bits per heavy atom. The van der Waals surface area contributed by atoms with E-state index >= 15 is 0 Å². The maximum Gasteiger partial charge on any atom is 0.156 e. The molecule has 2 aromatic rings. The first-order valence-electron chi connectivity index (χ1n) is 5.66. The zero-order chi connectivity index (χ0) is 13.8. The van der Waals surface area contributed by atoms with E-state index in [1.54, 1.807) is 0 Å². The van der Waals surface area contributed by atoms with E-state index in [1.165, 1.54) is 12.1 Å². The average Bonchev–Trinajstić information content (AvgIpc) is 2.35. The molecule has 0 amide bonds. The number of hydrogen-bond donors (Lipinski definition) is 0. The van der Waals surface area contributed by atoms with Gasteiger partial charge in [-0.2, -0.15) is 0 Å². The van der Waals surface area contributed by atoms with Crippen LogP contribution in [0.3, 0.4) is 0 Å². The Kier molecular flexibility index (Phi) is 4.39. The SMILES string of the molecule is CCOCc1nc(Cl)cc(-c2ccc(F)cc2F)n1. The van der Waals surface area contributed by atoms with Gasteiger partial charge in [-0.15, -0.1) is 0 Å². The fourth-order valence-corrected chi connectivity index (χ4v) is 1.76. The van der Waals surface area contributed by atoms with Crippen molar-refractivity contribution in [3.8, 4) is 11.3 Å². The molecule has 1 heterocycles. The van der Waals surface area contributed by atoms with E-state index in [1.807, 2.05) is 6.92 Å². The molecule has 0 aliphatic carbocycles. The summed E-state index contributed by atoms with van der Waals surface area (Å²) in [5.41, 5.74) is 0.468. The van der Waals surface area contributed by atoms with E-state index in [9.17, 15) is 8.78 Å². The molecule has 0 unspecified atom stereocenters. The molecule has 0 saturated heterocycles. The molecular formula is C13H11ClF2N2O. The Balaban J connectivity index is 2.41. The molecule has 0 aliphatic rings. The minimum atomic E-state index is -0.697. The summed E-state index contributed by atoms with van der Waals surface area (Å²) in [6.07, 6.45) is 0. The first kappa shape index (κ1) is 13.8. The number of hydrogen-bond acceptors (Lipinski definition) is 3. The van der Waals surface area contributed by atoms with Gasteiger partial charge in [0.1, 0.15) is 23.4 Å². The Morgan fingerprint density at radius 1 is 1.21 bits per heavy atom. The van der Waals surface area contributed by atoms with Gasteiger partial charge in [0, 0.05) is 24.3 Å². The topological polar surface area (TPSA) is 35.0 Å². The summed E-state index contributed by atoms with van der Waals surface area (Å²) < 4.78 is 31.7. The van der Waals surface area contributed by atoms with E-state index in [-0.39, 0.29) is 17.3 Å². The van der Waals surface area contributed by atoms with Gasteiger partial charge in [-0.1, -0.05) is 11.6 Å². The van der Waals surface area contributed by atoms with Crippen LogP contribution in [-0.4, -0.2) is 16.6 Å². The number of halogens is 3. The Morgan fingerprint density at radius 3 is 2.68 bits per heavy atom. The van der Waals surface area contributed by atoms with Crippen LogP contribution in [0.15, 0.2) is 24.3 Å². The van der Waals surface area contributed by atoms with E-state index in [0.717, 1.165) is 12.1 Å². The van der Waals surface area contributed by atoms with Crippen LogP contribution in [0.25, 0.3) is 11.3 Å². The van der Waals surface area contributed by atoms with Crippen LogP contribution in [0.5, 0.6) is 0 Å². The lowest BCUT2D eigenvalue weighted by Crippen LogP contribution is -2.01. The smallest absolute Gasteiger partial charge is 0.156 e. The summed E-state index contributed by atoms with van der Waals surface area (Å²) >= 11 is 5.86. The Bertz CT molecular complexity index is 593. The summed E-state index contributed by atoms with van der Waals surface area (Å²) in [4.78, 5) is 8.13. The van der Waals surface area contributed by atoms with Gasteiger partial charge in [0.05, 0.1) is 5.69 Å². The van der Waals surface area contributed by atoms with Gasteiger partial charge < -0.3 is 4.74 Å². The number of nitrogens with zero attached hydrogens (tertiary/aromatic N) is 2. The number of ether oxygens (including phenoxy) is 1. The van der Waals surface area contributed by atoms with Crippen molar-refractivity contribution in [2.24, 2.45) is 0 Å². The van der Waals surface area contributed by atoms with Crippen molar-refractivity contribution in [1.82, 2.24) is 9.97 Å². The zero-order valence-electron chi connectivity index (χ0n) is 10.2. The summed E-state index contributed by atoms with van der Waals surface area (Å²) in [6, 6.07) is 4.70. The third kappa shape index (κ3) is 3.45. The average molecular weight is 285 g/mol. The van der Waals surface area contributed by atoms with Crippen molar-refractivity contribution in [3.63, 3.8) is 0 Å². The highest BCUT2D eigenvalue weighted by atomic mass is 35.5. The molecule has 0 aliphatic heterocycles. The van der Waals surface area contributed by atoms with Crippen molar-refractivity contribution >= 4 is 11.6 Å². The lowest BCUT2D eigenvalue weighted by atomic mass is 10.1. The van der Waals surface area contributed by atoms with Gasteiger partial charge in [0.2, 0.25) is 0 Å². The molecule has 0 saturated carbocycles. The largest absolute Gasteiger partial charge is 0.374 e. The maximum absolute atomic E-state index is 13.7. The van der Waals surface area contributed by atoms with Crippen LogP contribution in [0.2, 0.25) is 5.15 Å². The first-order valence-corrected chi connectivity index (χ1v) is 6.04. The number of benzene rings is 1. The van der Waals surface area contributed by atoms with Crippen LogP contribution in [-0.2, 0) is 11.3 Å². The molecule has 0 atom stereocenters. The van der Waals surface area contributed by atoms with E-state index in [2.05, 4.69) is 9.97 Å². The molecule has 6 heteroatoms. The van der Waals surface area contributed by atoms with Gasteiger partial charge in [0.25, 0.3) is 0 Å². The van der Waals surface area contributed by atoms with Gasteiger partial charge in [-0.05, 0) is 19.1 Å². The van der Waals surface area contributed by atoms with Gasteiger partial charge in [-0.3, -0.25) is 0 Å². The van der Waals surface area contributed by atoms with Crippen molar-refractivity contribution in [1.29, 1.82) is 0 Å². The van der Waals surface area contributed by atoms with Crippen molar-refractivity contribution in [3.05, 3.63) is 46.9 Å². The Hall–Kier alpha value is -1.59. The first-order chi connectivity index (χ1) is 9.10. The molecule has 1 aromatic carbocycles. The normalized spacial score (nSPS) is 10.7. The summed E-state index contributed by atoms with van der Waals surface area (Å²) in [7, 11) is 0. The second-order valence-electron chi connectivity index (χ2n) is 3.75. The molecule has 0 spiro atoms. The van der Waals surface area contributed by atoms with E-state index in [4.69, 9.17) is 16.3 Å². The van der Waals surface area contributed by atoms with E-state index in [0.29, 0.717) is 18.1 Å². The van der Waals surface area contributed by atoms with Gasteiger partial charge in [0.15, 0.2) is 5.82 Å². The molecule has 0 bridgehead atoms. The van der Waals surface area contributed by atoms with Crippen LogP contribution < -0.4 is 0 Å². The minimum absolute atomic E-state index is 0.170. The van der Waals surface area contributed by atoms with Gasteiger partial charge in [-0.25, -0.2) is 18.7 Å². The quantitative estimate of drug-likeness (QED) is 0.805. The molecule has 1 aromatic heterocycles. The minimum Gasteiger partial charge on any atom is -0.374 e. The fourth-order valence-electron chi connectivity index (χ4n) is 1.56. The summed E-state index contributed by atoms with van der Waals surface area (Å²) in [5, 5.41) is 0.184. The predicted molar refractivity (Wildman–Crippen MR) is 67.7 cm³/mol. The van der Waals surface area contributed by atoms with Crippen LogP contribution in [0.1, 0.15) is 12.7 Å². The maximum atomic E-state index is 13.7. The van der Waals surface area contributed by atoms with Crippen LogP contribution in [0, 0.1) is 11.6 Å². The van der Waals surface area contributed by atoms with E-state index < -0.39 is 11.6 Å². The highest BCUT2D eigenvalue weighted by Crippen LogP contribution is 2.23. The molecule has 0 N–H and O–H groups in total. The number of aromatic nitrogens is 2.